The highest BCUT2D eigenvalue weighted by Gasteiger charge is 2.34. The number of amides is 1. The molecule has 0 spiro atoms. The van der Waals surface area contributed by atoms with E-state index in [-0.39, 0.29) is 30.1 Å². The first-order valence-electron chi connectivity index (χ1n) is 8.31. The van der Waals surface area contributed by atoms with Crippen molar-refractivity contribution in [1.29, 1.82) is 0 Å². The van der Waals surface area contributed by atoms with Crippen molar-refractivity contribution in [3.05, 3.63) is 59.5 Å². The molecule has 0 aliphatic carbocycles. The number of halogens is 4. The quantitative estimate of drug-likeness (QED) is 0.388. The molecule has 0 saturated heterocycles. The van der Waals surface area contributed by atoms with E-state index in [1.54, 1.807) is 0 Å². The van der Waals surface area contributed by atoms with Crippen LogP contribution in [-0.4, -0.2) is 26.2 Å². The number of hydrogen-bond acceptors (Lipinski definition) is 4. The van der Waals surface area contributed by atoms with Crippen LogP contribution in [0.15, 0.2) is 42.6 Å². The van der Waals surface area contributed by atoms with Crippen molar-refractivity contribution in [1.82, 2.24) is 0 Å². The van der Waals surface area contributed by atoms with E-state index in [1.165, 1.54) is 43.6 Å². The minimum Gasteiger partial charge on any atom is -0.383 e. The second-order valence-electron chi connectivity index (χ2n) is 6.02. The Morgan fingerprint density at radius 1 is 1.18 bits per heavy atom. The summed E-state index contributed by atoms with van der Waals surface area (Å²) in [6.07, 6.45) is -3.26. The summed E-state index contributed by atoms with van der Waals surface area (Å²) in [4.78, 5) is 12.0. The first kappa shape index (κ1) is 19.7. The van der Waals surface area contributed by atoms with Gasteiger partial charge in [0.15, 0.2) is 0 Å². The van der Waals surface area contributed by atoms with Crippen LogP contribution in [-0.2, 0) is 15.7 Å². The topological polar surface area (TPSA) is 62.4 Å². The molecule has 3 rings (SSSR count). The van der Waals surface area contributed by atoms with Gasteiger partial charge in [-0.15, -0.1) is 0 Å². The number of nitrogens with one attached hydrogen (secondary N) is 3. The van der Waals surface area contributed by atoms with Gasteiger partial charge < -0.3 is 20.7 Å². The SMILES string of the molecule is COCCNc1ccc(NC=C2C(=O)Nc3cc(F)ccc32)cc1C(F)(F)F. The Labute approximate surface area is 158 Å². The van der Waals surface area contributed by atoms with E-state index in [0.29, 0.717) is 11.3 Å². The van der Waals surface area contributed by atoms with E-state index < -0.39 is 23.5 Å². The second kappa shape index (κ2) is 7.89. The smallest absolute Gasteiger partial charge is 0.383 e. The Morgan fingerprint density at radius 3 is 2.68 bits per heavy atom. The third kappa shape index (κ3) is 4.25. The average molecular weight is 395 g/mol. The molecule has 2 aromatic rings. The molecule has 5 nitrogen and oxygen atoms in total. The Balaban J connectivity index is 1.85. The molecule has 148 valence electrons. The van der Waals surface area contributed by atoms with E-state index in [1.807, 2.05) is 0 Å². The van der Waals surface area contributed by atoms with Gasteiger partial charge in [-0.05, 0) is 36.4 Å². The first-order valence-corrected chi connectivity index (χ1v) is 8.31. The summed E-state index contributed by atoms with van der Waals surface area (Å²) in [5.41, 5.74) is 0.221. The van der Waals surface area contributed by atoms with Gasteiger partial charge in [-0.25, -0.2) is 4.39 Å². The zero-order chi connectivity index (χ0) is 20.3. The predicted molar refractivity (Wildman–Crippen MR) is 98.4 cm³/mol. The third-order valence-electron chi connectivity index (χ3n) is 4.09. The minimum absolute atomic E-state index is 0.0674. The van der Waals surface area contributed by atoms with E-state index in [9.17, 15) is 22.4 Å². The number of fused-ring (bicyclic) bond motifs is 1. The maximum atomic E-state index is 13.4. The van der Waals surface area contributed by atoms with Crippen LogP contribution in [0, 0.1) is 5.82 Å². The van der Waals surface area contributed by atoms with E-state index in [2.05, 4.69) is 16.0 Å². The lowest BCUT2D eigenvalue weighted by molar-refractivity contribution is -0.136. The molecule has 0 aromatic heterocycles. The minimum atomic E-state index is -4.56. The number of carbonyl (C=O) groups excluding carboxylic acids is 1. The van der Waals surface area contributed by atoms with Crippen molar-refractivity contribution in [3.8, 4) is 0 Å². The molecule has 3 N–H and O–H groups in total. The summed E-state index contributed by atoms with van der Waals surface area (Å²) in [6, 6.07) is 7.52. The van der Waals surface area contributed by atoms with Crippen LogP contribution in [0.1, 0.15) is 11.1 Å². The Morgan fingerprint density at radius 2 is 1.96 bits per heavy atom. The second-order valence-corrected chi connectivity index (χ2v) is 6.02. The van der Waals surface area contributed by atoms with Crippen LogP contribution < -0.4 is 16.0 Å². The summed E-state index contributed by atoms with van der Waals surface area (Å²) < 4.78 is 58.2. The number of ether oxygens (including phenoxy) is 1. The maximum Gasteiger partial charge on any atom is 0.418 e. The molecule has 0 atom stereocenters. The Bertz CT molecular complexity index is 926. The molecule has 0 bridgehead atoms. The van der Waals surface area contributed by atoms with Crippen molar-refractivity contribution >= 4 is 28.5 Å². The lowest BCUT2D eigenvalue weighted by Crippen LogP contribution is -2.14. The van der Waals surface area contributed by atoms with Gasteiger partial charge in [-0.3, -0.25) is 4.79 Å². The standard InChI is InChI=1S/C19H17F4N3O2/c1-28-7-6-24-16-5-3-12(9-15(16)19(21,22)23)25-10-14-13-4-2-11(20)8-17(13)26-18(14)27/h2-5,8-10,24-25H,6-7H2,1H3,(H,26,27). The van der Waals surface area contributed by atoms with E-state index in [0.717, 1.165) is 6.07 Å². The van der Waals surface area contributed by atoms with Crippen molar-refractivity contribution < 1.29 is 27.1 Å². The van der Waals surface area contributed by atoms with Gasteiger partial charge in [0.05, 0.1) is 23.4 Å². The molecule has 1 aliphatic rings. The molecule has 1 aliphatic heterocycles. The summed E-state index contributed by atoms with van der Waals surface area (Å²) in [5, 5.41) is 7.90. The highest BCUT2D eigenvalue weighted by atomic mass is 19.4. The van der Waals surface area contributed by atoms with Gasteiger partial charge in [-0.2, -0.15) is 13.2 Å². The Hall–Kier alpha value is -3.07. The molecule has 1 heterocycles. The van der Waals surface area contributed by atoms with Crippen LogP contribution in [0.5, 0.6) is 0 Å². The predicted octanol–water partition coefficient (Wildman–Crippen LogP) is 4.31. The Kier molecular flexibility index (Phi) is 5.55. The number of carbonyl (C=O) groups is 1. The van der Waals surface area contributed by atoms with Crippen LogP contribution in [0.25, 0.3) is 5.57 Å². The van der Waals surface area contributed by atoms with Crippen LogP contribution >= 0.6 is 0 Å². The molecule has 0 radical (unpaired) electrons. The largest absolute Gasteiger partial charge is 0.418 e. The van der Waals surface area contributed by atoms with Crippen molar-refractivity contribution in [2.45, 2.75) is 6.18 Å². The van der Waals surface area contributed by atoms with E-state index >= 15 is 0 Å². The average Bonchev–Trinajstić information content (AvgIpc) is 2.94. The third-order valence-corrected chi connectivity index (χ3v) is 4.09. The lowest BCUT2D eigenvalue weighted by atomic mass is 10.1. The summed E-state index contributed by atoms with van der Waals surface area (Å²) >= 11 is 0. The molecule has 9 heteroatoms. The number of alkyl halides is 3. The van der Waals surface area contributed by atoms with Gasteiger partial charge in [0, 0.05) is 36.8 Å². The monoisotopic (exact) mass is 395 g/mol. The fraction of sp³-hybridized carbons (Fsp3) is 0.211. The molecular weight excluding hydrogens is 378 g/mol. The zero-order valence-electron chi connectivity index (χ0n) is 14.8. The maximum absolute atomic E-state index is 13.4. The van der Waals surface area contributed by atoms with Gasteiger partial charge in [0.25, 0.3) is 5.91 Å². The lowest BCUT2D eigenvalue weighted by Gasteiger charge is -2.16. The van der Waals surface area contributed by atoms with E-state index in [4.69, 9.17) is 4.74 Å². The fourth-order valence-corrected chi connectivity index (χ4v) is 2.78. The summed E-state index contributed by atoms with van der Waals surface area (Å²) in [6.45, 7) is 0.489. The van der Waals surface area contributed by atoms with Crippen LogP contribution in [0.3, 0.4) is 0 Å². The first-order chi connectivity index (χ1) is 13.3. The molecule has 2 aromatic carbocycles. The number of rotatable bonds is 6. The highest BCUT2D eigenvalue weighted by Crippen LogP contribution is 2.37. The van der Waals surface area contributed by atoms with Crippen molar-refractivity contribution in [2.75, 3.05) is 36.2 Å². The van der Waals surface area contributed by atoms with Gasteiger partial charge >= 0.3 is 6.18 Å². The van der Waals surface area contributed by atoms with Crippen LogP contribution in [0.4, 0.5) is 34.6 Å². The highest BCUT2D eigenvalue weighted by molar-refractivity contribution is 6.31. The summed E-state index contributed by atoms with van der Waals surface area (Å²) in [7, 11) is 1.46. The summed E-state index contributed by atoms with van der Waals surface area (Å²) in [5.74, 6) is -0.971. The number of anilines is 3. The van der Waals surface area contributed by atoms with Crippen molar-refractivity contribution in [2.24, 2.45) is 0 Å². The molecule has 0 saturated carbocycles. The molecule has 0 fully saturated rings. The van der Waals surface area contributed by atoms with Gasteiger partial charge in [0.2, 0.25) is 0 Å². The molecule has 28 heavy (non-hydrogen) atoms. The van der Waals surface area contributed by atoms with Gasteiger partial charge in [-0.1, -0.05) is 0 Å². The van der Waals surface area contributed by atoms with Gasteiger partial charge in [0.1, 0.15) is 5.82 Å². The normalized spacial score (nSPS) is 14.8. The molecule has 1 amide bonds. The number of hydrogen-bond donors (Lipinski definition) is 3. The van der Waals surface area contributed by atoms with Crippen LogP contribution in [0.2, 0.25) is 0 Å². The number of methoxy groups -OCH3 is 1. The zero-order valence-corrected chi connectivity index (χ0v) is 14.8. The molecular formula is C19H17F4N3O2. The number of benzene rings is 2. The van der Waals surface area contributed by atoms with Crippen molar-refractivity contribution in [3.63, 3.8) is 0 Å². The molecule has 0 unspecified atom stereocenters. The fourth-order valence-electron chi connectivity index (χ4n) is 2.78.